The molecule has 0 rings (SSSR count). The van der Waals surface area contributed by atoms with E-state index in [1.165, 1.54) is 6.42 Å². The lowest BCUT2D eigenvalue weighted by atomic mass is 10.0. The molecule has 2 nitrogen and oxygen atoms in total. The summed E-state index contributed by atoms with van der Waals surface area (Å²) in [6, 6.07) is 1.12. The smallest absolute Gasteiger partial charge is 0.0431 e. The standard InChI is InChI=1S/C11H25NO/c1-9(2)8-11(4)12-10(3)6-5-7-13/h9-13H,5-8H2,1-4H3/t10-,11-/m0/s1. The van der Waals surface area contributed by atoms with E-state index in [0.29, 0.717) is 18.7 Å². The Bertz CT molecular complexity index is 115. The molecule has 0 bridgehead atoms. The molecule has 2 N–H and O–H groups in total. The van der Waals surface area contributed by atoms with Gasteiger partial charge in [0.1, 0.15) is 0 Å². The lowest BCUT2D eigenvalue weighted by molar-refractivity contribution is 0.272. The lowest BCUT2D eigenvalue weighted by Crippen LogP contribution is -2.35. The molecule has 0 heterocycles. The van der Waals surface area contributed by atoms with E-state index in [0.717, 1.165) is 18.8 Å². The zero-order chi connectivity index (χ0) is 10.3. The van der Waals surface area contributed by atoms with Crippen molar-refractivity contribution < 1.29 is 5.11 Å². The summed E-state index contributed by atoms with van der Waals surface area (Å²) < 4.78 is 0. The highest BCUT2D eigenvalue weighted by Crippen LogP contribution is 2.06. The van der Waals surface area contributed by atoms with Crippen LogP contribution < -0.4 is 5.32 Å². The summed E-state index contributed by atoms with van der Waals surface area (Å²) in [5, 5.41) is 12.2. The summed E-state index contributed by atoms with van der Waals surface area (Å²) in [4.78, 5) is 0. The molecule has 0 spiro atoms. The molecular formula is C11H25NO. The first kappa shape index (κ1) is 12.9. The fourth-order valence-corrected chi connectivity index (χ4v) is 1.74. The molecule has 0 radical (unpaired) electrons. The summed E-state index contributed by atoms with van der Waals surface area (Å²) >= 11 is 0. The third-order valence-electron chi connectivity index (χ3n) is 2.19. The second kappa shape index (κ2) is 7.34. The highest BCUT2D eigenvalue weighted by atomic mass is 16.2. The van der Waals surface area contributed by atoms with Gasteiger partial charge in [0.25, 0.3) is 0 Å². The molecule has 0 aromatic rings. The van der Waals surface area contributed by atoms with Crippen LogP contribution >= 0.6 is 0 Å². The van der Waals surface area contributed by atoms with E-state index in [4.69, 9.17) is 5.11 Å². The lowest BCUT2D eigenvalue weighted by Gasteiger charge is -2.21. The quantitative estimate of drug-likeness (QED) is 0.640. The summed E-state index contributed by atoms with van der Waals surface area (Å²) in [6.45, 7) is 9.22. The molecule has 13 heavy (non-hydrogen) atoms. The molecular weight excluding hydrogens is 162 g/mol. The van der Waals surface area contributed by atoms with Crippen LogP contribution in [0.1, 0.15) is 47.0 Å². The van der Waals surface area contributed by atoms with Gasteiger partial charge in [0.05, 0.1) is 0 Å². The maximum atomic E-state index is 8.67. The van der Waals surface area contributed by atoms with Gasteiger partial charge in [0.15, 0.2) is 0 Å². The predicted molar refractivity (Wildman–Crippen MR) is 57.8 cm³/mol. The van der Waals surface area contributed by atoms with E-state index < -0.39 is 0 Å². The first-order valence-corrected chi connectivity index (χ1v) is 5.43. The van der Waals surface area contributed by atoms with E-state index in [1.807, 2.05) is 0 Å². The van der Waals surface area contributed by atoms with Crippen LogP contribution in [0.5, 0.6) is 0 Å². The van der Waals surface area contributed by atoms with Crippen LogP contribution in [0, 0.1) is 5.92 Å². The molecule has 0 aliphatic carbocycles. The molecule has 0 aliphatic rings. The number of rotatable bonds is 7. The highest BCUT2D eigenvalue weighted by Gasteiger charge is 2.08. The van der Waals surface area contributed by atoms with Gasteiger partial charge in [0, 0.05) is 18.7 Å². The zero-order valence-electron chi connectivity index (χ0n) is 9.51. The Morgan fingerprint density at radius 2 is 1.69 bits per heavy atom. The molecule has 0 fully saturated rings. The Morgan fingerprint density at radius 1 is 1.08 bits per heavy atom. The van der Waals surface area contributed by atoms with E-state index in [1.54, 1.807) is 0 Å². The average molecular weight is 187 g/mol. The summed E-state index contributed by atoms with van der Waals surface area (Å²) in [5.41, 5.74) is 0. The van der Waals surface area contributed by atoms with Crippen molar-refractivity contribution in [3.63, 3.8) is 0 Å². The molecule has 2 atom stereocenters. The number of aliphatic hydroxyl groups is 1. The minimum atomic E-state index is 0.310. The second-order valence-electron chi connectivity index (χ2n) is 4.46. The molecule has 0 saturated carbocycles. The van der Waals surface area contributed by atoms with Gasteiger partial charge in [-0.05, 0) is 39.0 Å². The van der Waals surface area contributed by atoms with Gasteiger partial charge in [-0.2, -0.15) is 0 Å². The van der Waals surface area contributed by atoms with Gasteiger partial charge >= 0.3 is 0 Å². The van der Waals surface area contributed by atoms with Crippen LogP contribution in [0.3, 0.4) is 0 Å². The van der Waals surface area contributed by atoms with Crippen molar-refractivity contribution in [3.8, 4) is 0 Å². The average Bonchev–Trinajstić information content (AvgIpc) is 1.98. The van der Waals surface area contributed by atoms with Gasteiger partial charge < -0.3 is 10.4 Å². The van der Waals surface area contributed by atoms with Crippen molar-refractivity contribution in [2.45, 2.75) is 59.0 Å². The van der Waals surface area contributed by atoms with Crippen molar-refractivity contribution in [2.24, 2.45) is 5.92 Å². The third kappa shape index (κ3) is 8.26. The molecule has 2 heteroatoms. The van der Waals surface area contributed by atoms with E-state index in [2.05, 4.69) is 33.0 Å². The highest BCUT2D eigenvalue weighted by molar-refractivity contribution is 4.68. The van der Waals surface area contributed by atoms with Crippen LogP contribution in [0.4, 0.5) is 0 Å². The summed E-state index contributed by atoms with van der Waals surface area (Å²) in [5.74, 6) is 0.757. The van der Waals surface area contributed by atoms with Crippen molar-refractivity contribution in [1.29, 1.82) is 0 Å². The van der Waals surface area contributed by atoms with Crippen molar-refractivity contribution >= 4 is 0 Å². The maximum Gasteiger partial charge on any atom is 0.0431 e. The first-order chi connectivity index (χ1) is 6.06. The molecule has 0 saturated heterocycles. The van der Waals surface area contributed by atoms with Crippen molar-refractivity contribution in [3.05, 3.63) is 0 Å². The van der Waals surface area contributed by atoms with Gasteiger partial charge in [0.2, 0.25) is 0 Å². The molecule has 0 unspecified atom stereocenters. The Labute approximate surface area is 82.7 Å². The van der Waals surface area contributed by atoms with Gasteiger partial charge in [-0.15, -0.1) is 0 Å². The molecule has 0 aromatic carbocycles. The van der Waals surface area contributed by atoms with Gasteiger partial charge in [-0.25, -0.2) is 0 Å². The van der Waals surface area contributed by atoms with Crippen molar-refractivity contribution in [2.75, 3.05) is 6.61 Å². The molecule has 0 aliphatic heterocycles. The second-order valence-corrected chi connectivity index (χ2v) is 4.46. The van der Waals surface area contributed by atoms with E-state index >= 15 is 0 Å². The maximum absolute atomic E-state index is 8.67. The zero-order valence-corrected chi connectivity index (χ0v) is 9.51. The van der Waals surface area contributed by atoms with E-state index in [9.17, 15) is 0 Å². The number of hydrogen-bond acceptors (Lipinski definition) is 2. The minimum Gasteiger partial charge on any atom is -0.396 e. The Hall–Kier alpha value is -0.0800. The third-order valence-corrected chi connectivity index (χ3v) is 2.19. The number of nitrogens with one attached hydrogen (secondary N) is 1. The Morgan fingerprint density at radius 3 is 2.15 bits per heavy atom. The monoisotopic (exact) mass is 187 g/mol. The summed E-state index contributed by atoms with van der Waals surface area (Å²) in [7, 11) is 0. The normalized spacial score (nSPS) is 16.2. The molecule has 0 aromatic heterocycles. The van der Waals surface area contributed by atoms with Gasteiger partial charge in [-0.3, -0.25) is 0 Å². The van der Waals surface area contributed by atoms with Crippen LogP contribution in [-0.2, 0) is 0 Å². The van der Waals surface area contributed by atoms with Crippen LogP contribution in [0.2, 0.25) is 0 Å². The summed E-state index contributed by atoms with van der Waals surface area (Å²) in [6.07, 6.45) is 3.20. The SMILES string of the molecule is CC(C)C[C@H](C)N[C@@H](C)CCCO. The Kier molecular flexibility index (Phi) is 7.29. The molecule has 80 valence electrons. The largest absolute Gasteiger partial charge is 0.396 e. The fraction of sp³-hybridized carbons (Fsp3) is 1.00. The minimum absolute atomic E-state index is 0.310. The predicted octanol–water partition coefficient (Wildman–Crippen LogP) is 2.17. The van der Waals surface area contributed by atoms with Crippen LogP contribution in [0.25, 0.3) is 0 Å². The Balaban J connectivity index is 3.46. The van der Waals surface area contributed by atoms with E-state index in [-0.39, 0.29) is 0 Å². The fourth-order valence-electron chi connectivity index (χ4n) is 1.74. The number of aliphatic hydroxyl groups excluding tert-OH is 1. The topological polar surface area (TPSA) is 32.3 Å². The van der Waals surface area contributed by atoms with Gasteiger partial charge in [-0.1, -0.05) is 13.8 Å². The first-order valence-electron chi connectivity index (χ1n) is 5.43. The molecule has 0 amide bonds. The van der Waals surface area contributed by atoms with Crippen molar-refractivity contribution in [1.82, 2.24) is 5.32 Å². The van der Waals surface area contributed by atoms with Crippen LogP contribution in [-0.4, -0.2) is 23.8 Å². The van der Waals surface area contributed by atoms with Crippen LogP contribution in [0.15, 0.2) is 0 Å². The number of hydrogen-bond donors (Lipinski definition) is 2.